The molecule has 0 bridgehead atoms. The zero-order valence-electron chi connectivity index (χ0n) is 19.3. The standard InChI is InChI=1S/C25H28O7.Na/c1-3-7-16-9-5-6-10-21(16)30-14-17(26)15-31-22-12-11-18-20(27)13-23(25(28)29)32-24(18)19(22)8-4-2;/h5-6,9-13,17,26H,3-4,7-8,14-15H2,1-2H3,(H,28,29);/q;+1/p-1. The molecule has 7 nitrogen and oxygen atoms in total. The average molecular weight is 462 g/mol. The minimum absolute atomic E-state index is 0. The largest absolute Gasteiger partial charge is 1.00 e. The van der Waals surface area contributed by atoms with Crippen molar-refractivity contribution in [2.75, 3.05) is 13.2 Å². The van der Waals surface area contributed by atoms with Gasteiger partial charge in [-0.25, -0.2) is 0 Å². The molecule has 1 aromatic heterocycles. The number of carboxylic acids is 1. The summed E-state index contributed by atoms with van der Waals surface area (Å²) < 4.78 is 17.0. The minimum Gasteiger partial charge on any atom is -0.542 e. The molecule has 3 rings (SSSR count). The van der Waals surface area contributed by atoms with Crippen molar-refractivity contribution in [1.82, 2.24) is 0 Å². The second-order valence-corrected chi connectivity index (χ2v) is 7.56. The van der Waals surface area contributed by atoms with E-state index in [0.717, 1.165) is 30.2 Å². The van der Waals surface area contributed by atoms with E-state index in [1.54, 1.807) is 6.07 Å². The minimum atomic E-state index is -1.56. The van der Waals surface area contributed by atoms with E-state index >= 15 is 0 Å². The fraction of sp³-hybridized carbons (Fsp3) is 0.360. The quantitative estimate of drug-likeness (QED) is 0.396. The molecule has 1 heterocycles. The molecule has 0 radical (unpaired) electrons. The van der Waals surface area contributed by atoms with Gasteiger partial charge >= 0.3 is 29.6 Å². The van der Waals surface area contributed by atoms with Crippen molar-refractivity contribution in [3.8, 4) is 11.5 Å². The second kappa shape index (κ2) is 12.8. The summed E-state index contributed by atoms with van der Waals surface area (Å²) in [5.74, 6) is -0.935. The monoisotopic (exact) mass is 462 g/mol. The topological polar surface area (TPSA) is 109 Å². The first-order chi connectivity index (χ1) is 15.4. The molecule has 3 aromatic rings. The summed E-state index contributed by atoms with van der Waals surface area (Å²) in [5.41, 5.74) is 1.36. The molecule has 0 aliphatic carbocycles. The number of aryl methyl sites for hydroxylation is 2. The van der Waals surface area contributed by atoms with E-state index in [-0.39, 0.29) is 53.7 Å². The molecule has 0 saturated heterocycles. The van der Waals surface area contributed by atoms with Crippen LogP contribution in [0.2, 0.25) is 0 Å². The number of rotatable bonds is 11. The van der Waals surface area contributed by atoms with Crippen LogP contribution in [-0.4, -0.2) is 30.4 Å². The molecule has 2 aromatic carbocycles. The van der Waals surface area contributed by atoms with E-state index in [2.05, 4.69) is 6.92 Å². The van der Waals surface area contributed by atoms with Gasteiger partial charge in [0.15, 0.2) is 11.2 Å². The molecule has 0 amide bonds. The van der Waals surface area contributed by atoms with Crippen LogP contribution in [0.25, 0.3) is 11.0 Å². The third-order valence-electron chi connectivity index (χ3n) is 5.01. The summed E-state index contributed by atoms with van der Waals surface area (Å²) >= 11 is 0. The Morgan fingerprint density at radius 2 is 1.70 bits per heavy atom. The molecule has 0 aliphatic heterocycles. The number of carbonyl (C=O) groups is 1. The number of hydrogen-bond donors (Lipinski definition) is 1. The summed E-state index contributed by atoms with van der Waals surface area (Å²) in [6, 6.07) is 11.8. The zero-order chi connectivity index (χ0) is 23.1. The van der Waals surface area contributed by atoms with Gasteiger partial charge in [0, 0.05) is 11.6 Å². The molecule has 0 spiro atoms. The van der Waals surface area contributed by atoms with Crippen LogP contribution in [0.4, 0.5) is 0 Å². The van der Waals surface area contributed by atoms with Crippen LogP contribution in [0.15, 0.2) is 51.7 Å². The number of aliphatic hydroxyl groups excluding tert-OH is 1. The van der Waals surface area contributed by atoms with E-state index < -0.39 is 23.3 Å². The van der Waals surface area contributed by atoms with Crippen LogP contribution < -0.4 is 49.6 Å². The van der Waals surface area contributed by atoms with Gasteiger partial charge in [-0.3, -0.25) is 4.79 Å². The van der Waals surface area contributed by atoms with Gasteiger partial charge in [0.05, 0.1) is 5.39 Å². The summed E-state index contributed by atoms with van der Waals surface area (Å²) in [6.07, 6.45) is 2.21. The number of benzene rings is 2. The van der Waals surface area contributed by atoms with Crippen LogP contribution in [0.3, 0.4) is 0 Å². The third kappa shape index (κ3) is 6.84. The fourth-order valence-corrected chi connectivity index (χ4v) is 3.52. The number of ether oxygens (including phenoxy) is 2. The Morgan fingerprint density at radius 1 is 1.03 bits per heavy atom. The average Bonchev–Trinajstić information content (AvgIpc) is 2.78. The number of aromatic carboxylic acids is 1. The maximum Gasteiger partial charge on any atom is 1.00 e. The van der Waals surface area contributed by atoms with Gasteiger partial charge in [0.2, 0.25) is 0 Å². The fourth-order valence-electron chi connectivity index (χ4n) is 3.52. The summed E-state index contributed by atoms with van der Waals surface area (Å²) in [5, 5.41) is 21.8. The summed E-state index contributed by atoms with van der Waals surface area (Å²) in [7, 11) is 0. The number of carbonyl (C=O) groups excluding carboxylic acids is 1. The van der Waals surface area contributed by atoms with Crippen LogP contribution in [0, 0.1) is 0 Å². The van der Waals surface area contributed by atoms with Gasteiger partial charge < -0.3 is 28.9 Å². The molecule has 1 unspecified atom stereocenters. The molecular weight excluding hydrogens is 435 g/mol. The van der Waals surface area contributed by atoms with Crippen LogP contribution in [-0.2, 0) is 12.8 Å². The SMILES string of the molecule is CCCc1ccccc1OCC(O)COc1ccc2c(=O)cc(C(=O)[O-])oc2c1CCC.[Na+]. The number of aliphatic hydroxyl groups is 1. The molecule has 1 atom stereocenters. The van der Waals surface area contributed by atoms with Gasteiger partial charge in [0.1, 0.15) is 42.4 Å². The molecular formula is C25H27NaO7. The number of carboxylic acid groups (broad SMARTS) is 1. The Morgan fingerprint density at radius 3 is 2.36 bits per heavy atom. The van der Waals surface area contributed by atoms with Crippen molar-refractivity contribution in [2.45, 2.75) is 45.6 Å². The first-order valence-corrected chi connectivity index (χ1v) is 10.8. The summed E-state index contributed by atoms with van der Waals surface area (Å²) in [6.45, 7) is 4.05. The van der Waals surface area contributed by atoms with Gasteiger partial charge in [-0.2, -0.15) is 0 Å². The van der Waals surface area contributed by atoms with Gasteiger partial charge in [0.25, 0.3) is 0 Å². The van der Waals surface area contributed by atoms with E-state index in [4.69, 9.17) is 13.9 Å². The number of para-hydroxylation sites is 1. The number of fused-ring (bicyclic) bond motifs is 1. The van der Waals surface area contributed by atoms with Crippen molar-refractivity contribution < 1.29 is 58.5 Å². The Hall–Kier alpha value is -2.32. The molecule has 170 valence electrons. The van der Waals surface area contributed by atoms with E-state index in [1.165, 1.54) is 6.07 Å². The Labute approximate surface area is 214 Å². The van der Waals surface area contributed by atoms with Gasteiger partial charge in [-0.05, 0) is 36.6 Å². The van der Waals surface area contributed by atoms with Crippen molar-refractivity contribution in [2.24, 2.45) is 0 Å². The molecule has 0 saturated carbocycles. The molecule has 8 heteroatoms. The summed E-state index contributed by atoms with van der Waals surface area (Å²) in [4.78, 5) is 23.5. The van der Waals surface area contributed by atoms with Gasteiger partial charge in [-0.15, -0.1) is 0 Å². The van der Waals surface area contributed by atoms with Crippen molar-refractivity contribution >= 4 is 16.9 Å². The predicted octanol–water partition coefficient (Wildman–Crippen LogP) is -0.116. The molecule has 0 fully saturated rings. The Balaban J connectivity index is 0.00000385. The Kier molecular flexibility index (Phi) is 10.4. The van der Waals surface area contributed by atoms with Crippen LogP contribution in [0.5, 0.6) is 11.5 Å². The first-order valence-electron chi connectivity index (χ1n) is 10.8. The van der Waals surface area contributed by atoms with Crippen LogP contribution >= 0.6 is 0 Å². The maximum atomic E-state index is 12.3. The zero-order valence-corrected chi connectivity index (χ0v) is 21.3. The van der Waals surface area contributed by atoms with Crippen molar-refractivity contribution in [3.63, 3.8) is 0 Å². The number of hydrogen-bond acceptors (Lipinski definition) is 7. The van der Waals surface area contributed by atoms with Gasteiger partial charge in [-0.1, -0.05) is 44.9 Å². The third-order valence-corrected chi connectivity index (χ3v) is 5.01. The first kappa shape index (κ1) is 26.9. The second-order valence-electron chi connectivity index (χ2n) is 7.56. The van der Waals surface area contributed by atoms with E-state index in [1.807, 2.05) is 31.2 Å². The maximum absolute atomic E-state index is 12.3. The molecule has 0 aliphatic rings. The molecule has 33 heavy (non-hydrogen) atoms. The normalized spacial score (nSPS) is 11.6. The van der Waals surface area contributed by atoms with Crippen molar-refractivity contribution in [1.29, 1.82) is 0 Å². The van der Waals surface area contributed by atoms with Crippen molar-refractivity contribution in [3.05, 3.63) is 69.6 Å². The van der Waals surface area contributed by atoms with E-state index in [9.17, 15) is 19.8 Å². The predicted molar refractivity (Wildman–Crippen MR) is 118 cm³/mol. The van der Waals surface area contributed by atoms with E-state index in [0.29, 0.717) is 24.2 Å². The molecule has 1 N–H and O–H groups in total. The van der Waals surface area contributed by atoms with Crippen LogP contribution in [0.1, 0.15) is 48.4 Å². The Bertz CT molecular complexity index is 1140. The smallest absolute Gasteiger partial charge is 0.542 e.